The van der Waals surface area contributed by atoms with E-state index in [1.54, 1.807) is 35.9 Å². The van der Waals surface area contributed by atoms with Gasteiger partial charge in [0.1, 0.15) is 22.7 Å². The van der Waals surface area contributed by atoms with E-state index in [-0.39, 0.29) is 18.4 Å². The predicted octanol–water partition coefficient (Wildman–Crippen LogP) is 3.27. The minimum absolute atomic E-state index is 0.0148. The number of benzene rings is 1. The number of H-pyrrole nitrogens is 1. The first kappa shape index (κ1) is 21.6. The van der Waals surface area contributed by atoms with Crippen LogP contribution < -0.4 is 10.1 Å². The number of rotatable bonds is 7. The molecule has 1 aromatic carbocycles. The zero-order valence-electron chi connectivity index (χ0n) is 18.6. The van der Waals surface area contributed by atoms with Crippen LogP contribution in [0.25, 0.3) is 21.1 Å². The highest BCUT2D eigenvalue weighted by Gasteiger charge is 2.31. The minimum atomic E-state index is -0.0648. The van der Waals surface area contributed by atoms with Crippen molar-refractivity contribution >= 4 is 49.9 Å². The number of carbonyl (C=O) groups is 1. The van der Waals surface area contributed by atoms with Gasteiger partial charge in [-0.05, 0) is 37.8 Å². The highest BCUT2D eigenvalue weighted by atomic mass is 32.1. The Hall–Kier alpha value is -3.24. The molecule has 0 unspecified atom stereocenters. The second-order valence-electron chi connectivity index (χ2n) is 8.12. The quantitative estimate of drug-likeness (QED) is 0.383. The molecule has 1 aliphatic carbocycles. The number of aryl methyl sites for hydroxylation is 1. The second kappa shape index (κ2) is 8.95. The van der Waals surface area contributed by atoms with Crippen LogP contribution in [0.4, 0.5) is 11.5 Å². The number of carbonyl (C=O) groups excluding carboxylic acids is 1. The van der Waals surface area contributed by atoms with E-state index in [0.29, 0.717) is 25.3 Å². The average Bonchev–Trinajstić information content (AvgIpc) is 3.45. The summed E-state index contributed by atoms with van der Waals surface area (Å²) < 4.78 is 5.58. The number of ether oxygens (including phenoxy) is 1. The molecule has 9 nitrogen and oxygen atoms in total. The lowest BCUT2D eigenvalue weighted by Crippen LogP contribution is -2.39. The topological polar surface area (TPSA) is 116 Å². The SMILES string of the molecule is CCN(CCO)C(=O)[C@@H]1CCc2c(sc3ncnc(Nc4cc5cn[nH]c5cc4OC)c23)C1. The molecule has 0 saturated carbocycles. The maximum absolute atomic E-state index is 13.0. The van der Waals surface area contributed by atoms with Gasteiger partial charge in [-0.2, -0.15) is 5.10 Å². The maximum Gasteiger partial charge on any atom is 0.226 e. The van der Waals surface area contributed by atoms with Gasteiger partial charge in [-0.1, -0.05) is 0 Å². The summed E-state index contributed by atoms with van der Waals surface area (Å²) in [7, 11) is 1.64. The van der Waals surface area contributed by atoms with Crippen molar-refractivity contribution < 1.29 is 14.6 Å². The Kier molecular flexibility index (Phi) is 5.86. The van der Waals surface area contributed by atoms with Gasteiger partial charge in [0.2, 0.25) is 5.91 Å². The molecule has 0 spiro atoms. The van der Waals surface area contributed by atoms with Crippen LogP contribution in [-0.2, 0) is 17.6 Å². The van der Waals surface area contributed by atoms with E-state index >= 15 is 0 Å². The molecular formula is C23H26N6O3S. The number of methoxy groups -OCH3 is 1. The number of nitrogens with one attached hydrogen (secondary N) is 2. The Labute approximate surface area is 194 Å². The van der Waals surface area contributed by atoms with Crippen molar-refractivity contribution in [3.63, 3.8) is 0 Å². The molecule has 0 radical (unpaired) electrons. The lowest BCUT2D eigenvalue weighted by Gasteiger charge is -2.28. The van der Waals surface area contributed by atoms with Gasteiger partial charge in [-0.15, -0.1) is 11.3 Å². The fraction of sp³-hybridized carbons (Fsp3) is 0.391. The largest absolute Gasteiger partial charge is 0.494 e. The standard InChI is InChI=1S/C23H26N6O3S/c1-3-29(6-7-30)23(31)13-4-5-15-19(9-13)33-22-20(15)21(24-12-25-22)27-17-8-14-11-26-28-16(14)10-18(17)32-2/h8,10-13,30H,3-7,9H2,1-2H3,(H,26,28)(H,24,25,27)/t13-/m1/s1. The second-order valence-corrected chi connectivity index (χ2v) is 9.21. The summed E-state index contributed by atoms with van der Waals surface area (Å²) in [5.74, 6) is 1.48. The molecular weight excluding hydrogens is 440 g/mol. The molecule has 1 atom stereocenters. The minimum Gasteiger partial charge on any atom is -0.494 e. The van der Waals surface area contributed by atoms with Crippen LogP contribution in [-0.4, -0.2) is 62.9 Å². The van der Waals surface area contributed by atoms with Gasteiger partial charge in [0.25, 0.3) is 0 Å². The maximum atomic E-state index is 13.0. The van der Waals surface area contributed by atoms with Crippen molar-refractivity contribution in [3.05, 3.63) is 35.1 Å². The van der Waals surface area contributed by atoms with Gasteiger partial charge in [0, 0.05) is 35.3 Å². The van der Waals surface area contributed by atoms with E-state index in [0.717, 1.165) is 45.5 Å². The molecule has 3 aromatic heterocycles. The predicted molar refractivity (Wildman–Crippen MR) is 128 cm³/mol. The number of anilines is 2. The Bertz CT molecular complexity index is 1320. The average molecular weight is 467 g/mol. The molecule has 4 aromatic rings. The molecule has 1 aliphatic rings. The summed E-state index contributed by atoms with van der Waals surface area (Å²) in [6.07, 6.45) is 5.61. The highest BCUT2D eigenvalue weighted by molar-refractivity contribution is 7.19. The van der Waals surface area contributed by atoms with E-state index in [1.807, 2.05) is 19.1 Å². The number of likely N-dealkylation sites (N-methyl/N-ethyl adjacent to an activating group) is 1. The van der Waals surface area contributed by atoms with E-state index in [4.69, 9.17) is 4.74 Å². The Morgan fingerprint density at radius 1 is 1.39 bits per heavy atom. The monoisotopic (exact) mass is 466 g/mol. The molecule has 0 fully saturated rings. The molecule has 1 amide bonds. The van der Waals surface area contributed by atoms with Crippen LogP contribution >= 0.6 is 11.3 Å². The van der Waals surface area contributed by atoms with E-state index in [2.05, 4.69) is 25.5 Å². The van der Waals surface area contributed by atoms with Gasteiger partial charge in [-0.3, -0.25) is 9.89 Å². The zero-order valence-corrected chi connectivity index (χ0v) is 19.4. The Balaban J connectivity index is 1.48. The first-order valence-corrected chi connectivity index (χ1v) is 11.9. The summed E-state index contributed by atoms with van der Waals surface area (Å²) in [4.78, 5) is 25.9. The lowest BCUT2D eigenvalue weighted by atomic mass is 9.87. The molecule has 33 heavy (non-hydrogen) atoms. The molecule has 0 bridgehead atoms. The molecule has 172 valence electrons. The van der Waals surface area contributed by atoms with Crippen LogP contribution in [0.3, 0.4) is 0 Å². The van der Waals surface area contributed by atoms with Crippen LogP contribution in [0.1, 0.15) is 23.8 Å². The molecule has 5 rings (SSSR count). The number of hydrogen-bond donors (Lipinski definition) is 3. The number of amides is 1. The van der Waals surface area contributed by atoms with Crippen molar-refractivity contribution in [2.75, 3.05) is 32.1 Å². The van der Waals surface area contributed by atoms with Crippen molar-refractivity contribution in [2.24, 2.45) is 5.92 Å². The van der Waals surface area contributed by atoms with Gasteiger partial charge in [-0.25, -0.2) is 9.97 Å². The van der Waals surface area contributed by atoms with Crippen molar-refractivity contribution in [2.45, 2.75) is 26.2 Å². The molecule has 10 heteroatoms. The van der Waals surface area contributed by atoms with Crippen LogP contribution in [0, 0.1) is 5.92 Å². The van der Waals surface area contributed by atoms with Gasteiger partial charge >= 0.3 is 0 Å². The molecule has 3 N–H and O–H groups in total. The van der Waals surface area contributed by atoms with E-state index < -0.39 is 0 Å². The molecule has 0 aliphatic heterocycles. The number of aromatic amines is 1. The zero-order chi connectivity index (χ0) is 22.9. The number of aliphatic hydroxyl groups is 1. The first-order valence-electron chi connectivity index (χ1n) is 11.1. The van der Waals surface area contributed by atoms with Crippen molar-refractivity contribution in [1.82, 2.24) is 25.1 Å². The number of thiophene rings is 1. The van der Waals surface area contributed by atoms with Gasteiger partial charge < -0.3 is 20.1 Å². The van der Waals surface area contributed by atoms with Crippen molar-refractivity contribution in [1.29, 1.82) is 0 Å². The third-order valence-corrected chi connectivity index (χ3v) is 7.43. The number of fused-ring (bicyclic) bond motifs is 4. The van der Waals surface area contributed by atoms with Crippen molar-refractivity contribution in [3.8, 4) is 5.75 Å². The van der Waals surface area contributed by atoms with Crippen LogP contribution in [0.15, 0.2) is 24.7 Å². The number of aromatic nitrogens is 4. The normalized spacial score (nSPS) is 15.5. The number of aliphatic hydroxyl groups excluding tert-OH is 1. The third-order valence-electron chi connectivity index (χ3n) is 6.27. The van der Waals surface area contributed by atoms with Crippen LogP contribution in [0.5, 0.6) is 5.75 Å². The fourth-order valence-electron chi connectivity index (χ4n) is 4.58. The fourth-order valence-corrected chi connectivity index (χ4v) is 5.85. The molecule has 0 saturated heterocycles. The summed E-state index contributed by atoms with van der Waals surface area (Å²) in [5, 5.41) is 21.8. The van der Waals surface area contributed by atoms with E-state index in [9.17, 15) is 9.90 Å². The number of nitrogens with zero attached hydrogens (tertiary/aromatic N) is 4. The lowest BCUT2D eigenvalue weighted by molar-refractivity contribution is -0.136. The summed E-state index contributed by atoms with van der Waals surface area (Å²) >= 11 is 1.63. The third kappa shape index (κ3) is 3.89. The van der Waals surface area contributed by atoms with E-state index in [1.165, 1.54) is 10.4 Å². The smallest absolute Gasteiger partial charge is 0.226 e. The Morgan fingerprint density at radius 2 is 2.27 bits per heavy atom. The number of hydrogen-bond acceptors (Lipinski definition) is 8. The summed E-state index contributed by atoms with van der Waals surface area (Å²) in [5.41, 5.74) is 2.92. The summed E-state index contributed by atoms with van der Waals surface area (Å²) in [6, 6.07) is 3.90. The Morgan fingerprint density at radius 3 is 3.06 bits per heavy atom. The van der Waals surface area contributed by atoms with Crippen LogP contribution in [0.2, 0.25) is 0 Å². The van der Waals surface area contributed by atoms with Gasteiger partial charge in [0.15, 0.2) is 0 Å². The first-order chi connectivity index (χ1) is 16.1. The molecule has 3 heterocycles. The van der Waals surface area contributed by atoms with Gasteiger partial charge in [0.05, 0.1) is 36.5 Å². The summed E-state index contributed by atoms with van der Waals surface area (Å²) in [6.45, 7) is 2.92. The highest BCUT2D eigenvalue weighted by Crippen LogP contribution is 2.41.